The number of nitrogens with one attached hydrogen (secondary N) is 1. The summed E-state index contributed by atoms with van der Waals surface area (Å²) in [5.41, 5.74) is 2.19. The Morgan fingerprint density at radius 1 is 1.22 bits per heavy atom. The molecule has 0 spiro atoms. The third-order valence-electron chi connectivity index (χ3n) is 4.40. The number of hydrogen-bond acceptors (Lipinski definition) is 4. The number of aliphatic imine (C=N–C) groups is 1. The summed E-state index contributed by atoms with van der Waals surface area (Å²) in [6.07, 6.45) is 0.870. The first-order chi connectivity index (χ1) is 12.7. The maximum absolute atomic E-state index is 13.1. The first-order valence-electron chi connectivity index (χ1n) is 9.10. The molecule has 3 rings (SSSR count). The van der Waals surface area contributed by atoms with Gasteiger partial charge in [0, 0.05) is 56.8 Å². The molecule has 0 aliphatic carbocycles. The highest BCUT2D eigenvalue weighted by atomic mass is 127. The van der Waals surface area contributed by atoms with Crippen LogP contribution in [0.3, 0.4) is 0 Å². The van der Waals surface area contributed by atoms with E-state index in [1.54, 1.807) is 11.3 Å². The number of benzene rings is 1. The van der Waals surface area contributed by atoms with Crippen LogP contribution in [0, 0.1) is 12.7 Å². The van der Waals surface area contributed by atoms with E-state index in [4.69, 9.17) is 4.99 Å². The van der Waals surface area contributed by atoms with Gasteiger partial charge in [-0.05, 0) is 38.1 Å². The van der Waals surface area contributed by atoms with E-state index in [1.165, 1.54) is 12.1 Å². The number of hydrogen-bond donors (Lipinski definition) is 1. The topological polar surface area (TPSA) is 43.8 Å². The van der Waals surface area contributed by atoms with E-state index in [0.29, 0.717) is 0 Å². The number of guanidine groups is 1. The number of rotatable bonds is 5. The average Bonchev–Trinajstić information content (AvgIpc) is 3.07. The van der Waals surface area contributed by atoms with Crippen molar-refractivity contribution in [2.24, 2.45) is 4.99 Å². The normalized spacial score (nSPS) is 14.9. The van der Waals surface area contributed by atoms with Crippen molar-refractivity contribution < 1.29 is 4.39 Å². The molecule has 8 heteroatoms. The molecule has 1 fully saturated rings. The van der Waals surface area contributed by atoms with Gasteiger partial charge in [0.2, 0.25) is 0 Å². The molecular weight excluding hydrogens is 476 g/mol. The summed E-state index contributed by atoms with van der Waals surface area (Å²) in [5.74, 6) is 0.780. The Morgan fingerprint density at radius 3 is 2.52 bits per heavy atom. The van der Waals surface area contributed by atoms with Crippen LogP contribution in [-0.2, 0) is 6.42 Å². The first kappa shape index (κ1) is 21.9. The standard InChI is InChI=1S/C19H26FN5S.HI/c1-3-21-19(22-9-8-17-14-26-15(2)23-17)25-12-10-24(11-13-25)18-6-4-16(20)5-7-18;/h4-7,14H,3,8-13H2,1-2H3,(H,21,22);1H. The zero-order valence-corrected chi connectivity index (χ0v) is 19.0. The van der Waals surface area contributed by atoms with Gasteiger partial charge in [-0.25, -0.2) is 9.37 Å². The Bertz CT molecular complexity index is 726. The van der Waals surface area contributed by atoms with Crippen LogP contribution in [0.25, 0.3) is 0 Å². The van der Waals surface area contributed by atoms with E-state index in [1.807, 2.05) is 19.1 Å². The minimum atomic E-state index is -0.191. The van der Waals surface area contributed by atoms with Crippen LogP contribution in [0.1, 0.15) is 17.6 Å². The van der Waals surface area contributed by atoms with Crippen molar-refractivity contribution in [3.05, 3.63) is 46.2 Å². The second kappa shape index (κ2) is 10.8. The second-order valence-corrected chi connectivity index (χ2v) is 7.36. The Kier molecular flexibility index (Phi) is 8.75. The number of nitrogens with zero attached hydrogens (tertiary/aromatic N) is 4. The van der Waals surface area contributed by atoms with Crippen molar-refractivity contribution >= 4 is 47.0 Å². The van der Waals surface area contributed by atoms with Crippen molar-refractivity contribution in [2.45, 2.75) is 20.3 Å². The molecule has 0 unspecified atom stereocenters. The summed E-state index contributed by atoms with van der Waals surface area (Å²) >= 11 is 1.69. The monoisotopic (exact) mass is 503 g/mol. The fourth-order valence-corrected chi connectivity index (χ4v) is 3.70. The van der Waals surface area contributed by atoms with Crippen molar-refractivity contribution in [3.63, 3.8) is 0 Å². The van der Waals surface area contributed by atoms with Gasteiger partial charge in [-0.15, -0.1) is 35.3 Å². The number of aryl methyl sites for hydroxylation is 1. The fourth-order valence-electron chi connectivity index (χ4n) is 3.05. The third kappa shape index (κ3) is 6.31. The van der Waals surface area contributed by atoms with Crippen LogP contribution in [0.5, 0.6) is 0 Å². The Labute approximate surface area is 181 Å². The van der Waals surface area contributed by atoms with Crippen LogP contribution >= 0.6 is 35.3 Å². The van der Waals surface area contributed by atoms with Crippen LogP contribution in [0.15, 0.2) is 34.6 Å². The molecule has 0 saturated carbocycles. The van der Waals surface area contributed by atoms with Gasteiger partial charge in [0.15, 0.2) is 5.96 Å². The van der Waals surface area contributed by atoms with Crippen LogP contribution in [-0.4, -0.2) is 55.1 Å². The van der Waals surface area contributed by atoms with Gasteiger partial charge in [0.25, 0.3) is 0 Å². The highest BCUT2D eigenvalue weighted by Crippen LogP contribution is 2.17. The molecule has 1 aliphatic rings. The third-order valence-corrected chi connectivity index (χ3v) is 5.22. The molecule has 0 radical (unpaired) electrons. The SMILES string of the molecule is CCNC(=NCCc1csc(C)n1)N1CCN(c2ccc(F)cc2)CC1.I. The van der Waals surface area contributed by atoms with Gasteiger partial charge in [-0.3, -0.25) is 4.99 Å². The van der Waals surface area contributed by atoms with Crippen molar-refractivity contribution in [1.82, 2.24) is 15.2 Å². The van der Waals surface area contributed by atoms with E-state index >= 15 is 0 Å². The Hall–Kier alpha value is -1.42. The summed E-state index contributed by atoms with van der Waals surface area (Å²) < 4.78 is 13.1. The van der Waals surface area contributed by atoms with E-state index < -0.39 is 0 Å². The summed E-state index contributed by atoms with van der Waals surface area (Å²) in [4.78, 5) is 13.9. The number of aromatic nitrogens is 1. The zero-order chi connectivity index (χ0) is 18.4. The molecule has 2 heterocycles. The van der Waals surface area contributed by atoms with Gasteiger partial charge in [-0.2, -0.15) is 0 Å². The van der Waals surface area contributed by atoms with E-state index in [0.717, 1.165) is 68.0 Å². The molecule has 0 bridgehead atoms. The lowest BCUT2D eigenvalue weighted by Crippen LogP contribution is -2.52. The van der Waals surface area contributed by atoms with E-state index in [2.05, 4.69) is 32.4 Å². The van der Waals surface area contributed by atoms with Crippen LogP contribution < -0.4 is 10.2 Å². The lowest BCUT2D eigenvalue weighted by molar-refractivity contribution is 0.372. The molecule has 5 nitrogen and oxygen atoms in total. The highest BCUT2D eigenvalue weighted by Gasteiger charge is 2.19. The van der Waals surface area contributed by atoms with Crippen LogP contribution in [0.2, 0.25) is 0 Å². The maximum atomic E-state index is 13.1. The lowest BCUT2D eigenvalue weighted by atomic mass is 10.2. The minimum Gasteiger partial charge on any atom is -0.368 e. The molecule has 0 amide bonds. The largest absolute Gasteiger partial charge is 0.368 e. The summed E-state index contributed by atoms with van der Waals surface area (Å²) in [6.45, 7) is 9.33. The molecule has 27 heavy (non-hydrogen) atoms. The first-order valence-corrected chi connectivity index (χ1v) is 9.98. The predicted octanol–water partition coefficient (Wildman–Crippen LogP) is 3.54. The van der Waals surface area contributed by atoms with Crippen molar-refractivity contribution in [2.75, 3.05) is 44.2 Å². The van der Waals surface area contributed by atoms with Gasteiger partial charge >= 0.3 is 0 Å². The Balaban J connectivity index is 0.00000261. The summed E-state index contributed by atoms with van der Waals surface area (Å²) in [6, 6.07) is 6.74. The van der Waals surface area contributed by atoms with Gasteiger partial charge in [0.1, 0.15) is 5.82 Å². The molecule has 1 N–H and O–H groups in total. The number of thiazole rings is 1. The molecule has 1 aliphatic heterocycles. The number of halogens is 2. The van der Waals surface area contributed by atoms with E-state index in [9.17, 15) is 4.39 Å². The average molecular weight is 503 g/mol. The molecule has 148 valence electrons. The fraction of sp³-hybridized carbons (Fsp3) is 0.474. The summed E-state index contributed by atoms with van der Waals surface area (Å²) in [7, 11) is 0. The molecule has 1 aromatic carbocycles. The maximum Gasteiger partial charge on any atom is 0.194 e. The molecule has 1 aromatic heterocycles. The molecule has 0 atom stereocenters. The van der Waals surface area contributed by atoms with Crippen molar-refractivity contribution in [3.8, 4) is 0 Å². The molecule has 1 saturated heterocycles. The van der Waals surface area contributed by atoms with Crippen molar-refractivity contribution in [1.29, 1.82) is 0 Å². The summed E-state index contributed by atoms with van der Waals surface area (Å²) in [5, 5.41) is 6.61. The molecule has 2 aromatic rings. The predicted molar refractivity (Wildman–Crippen MR) is 122 cm³/mol. The smallest absolute Gasteiger partial charge is 0.194 e. The zero-order valence-electron chi connectivity index (χ0n) is 15.8. The second-order valence-electron chi connectivity index (χ2n) is 6.29. The number of anilines is 1. The molecular formula is C19H27FIN5S. The van der Waals surface area contributed by atoms with E-state index in [-0.39, 0.29) is 29.8 Å². The minimum absolute atomic E-state index is 0. The van der Waals surface area contributed by atoms with Gasteiger partial charge in [0.05, 0.1) is 10.7 Å². The Morgan fingerprint density at radius 2 is 1.93 bits per heavy atom. The van der Waals surface area contributed by atoms with Gasteiger partial charge in [-0.1, -0.05) is 0 Å². The van der Waals surface area contributed by atoms with Crippen LogP contribution in [0.4, 0.5) is 10.1 Å². The quantitative estimate of drug-likeness (QED) is 0.385. The highest BCUT2D eigenvalue weighted by molar-refractivity contribution is 14.0. The van der Waals surface area contributed by atoms with Gasteiger partial charge < -0.3 is 15.1 Å². The lowest BCUT2D eigenvalue weighted by Gasteiger charge is -2.37. The number of piperazine rings is 1.